The van der Waals surface area contributed by atoms with Gasteiger partial charge in [0.05, 0.1) is 0 Å². The first-order valence-corrected chi connectivity index (χ1v) is 8.35. The van der Waals surface area contributed by atoms with Crippen LogP contribution < -0.4 is 0 Å². The summed E-state index contributed by atoms with van der Waals surface area (Å²) in [5, 5.41) is 0. The van der Waals surface area contributed by atoms with Crippen LogP contribution in [0, 0.1) is 13.4 Å². The van der Waals surface area contributed by atoms with Gasteiger partial charge in [-0.25, -0.2) is 0 Å². The van der Waals surface area contributed by atoms with Gasteiger partial charge in [-0.1, -0.05) is 0 Å². The number of halogens is 1. The molecule has 80 valence electrons. The van der Waals surface area contributed by atoms with Crippen LogP contribution >= 0.6 is 20.2 Å². The monoisotopic (exact) mass is 314 g/mol. The predicted molar refractivity (Wildman–Crippen MR) is 71.2 cm³/mol. The van der Waals surface area contributed by atoms with Crippen molar-refractivity contribution in [1.82, 2.24) is 0 Å². The standard InChI is InChI=1S/C13H15IO/c1-2-3-4-7-10-14-13-9-6-5-8-12(13)11-15-14/h5-6,8-9H,2-4,11H2,1H3. The fraction of sp³-hybridized carbons (Fsp3) is 0.385. The number of unbranched alkanes of at least 4 members (excludes halogenated alkanes) is 2. The molecule has 0 saturated carbocycles. The van der Waals surface area contributed by atoms with Crippen LogP contribution in [0.4, 0.5) is 0 Å². The fourth-order valence-electron chi connectivity index (χ4n) is 1.41. The zero-order valence-corrected chi connectivity index (χ0v) is 11.1. The first kappa shape index (κ1) is 11.0. The summed E-state index contributed by atoms with van der Waals surface area (Å²) >= 11 is -1.56. The van der Waals surface area contributed by atoms with Gasteiger partial charge >= 0.3 is 99.3 Å². The topological polar surface area (TPSA) is 9.23 Å². The van der Waals surface area contributed by atoms with Gasteiger partial charge in [0.25, 0.3) is 0 Å². The van der Waals surface area contributed by atoms with E-state index in [9.17, 15) is 0 Å². The Morgan fingerprint density at radius 2 is 2.27 bits per heavy atom. The van der Waals surface area contributed by atoms with E-state index in [2.05, 4.69) is 41.0 Å². The molecule has 1 aromatic carbocycles. The van der Waals surface area contributed by atoms with E-state index in [0.717, 1.165) is 13.0 Å². The van der Waals surface area contributed by atoms with Crippen LogP contribution in [0.3, 0.4) is 0 Å². The second-order valence-electron chi connectivity index (χ2n) is 3.47. The summed E-state index contributed by atoms with van der Waals surface area (Å²) in [6, 6.07) is 8.50. The maximum atomic E-state index is 5.79. The average Bonchev–Trinajstić information content (AvgIpc) is 2.68. The van der Waals surface area contributed by atoms with Crippen molar-refractivity contribution < 1.29 is 3.07 Å². The van der Waals surface area contributed by atoms with Crippen LogP contribution in [0.1, 0.15) is 31.7 Å². The predicted octanol–water partition coefficient (Wildman–Crippen LogP) is 3.96. The van der Waals surface area contributed by atoms with Crippen molar-refractivity contribution in [3.63, 3.8) is 0 Å². The van der Waals surface area contributed by atoms with Gasteiger partial charge in [-0.2, -0.15) is 0 Å². The molecule has 2 heteroatoms. The van der Waals surface area contributed by atoms with E-state index in [1.807, 2.05) is 0 Å². The Kier molecular flexibility index (Phi) is 4.04. The number of rotatable bonds is 2. The molecule has 15 heavy (non-hydrogen) atoms. The first-order valence-electron chi connectivity index (χ1n) is 5.31. The summed E-state index contributed by atoms with van der Waals surface area (Å²) in [6.45, 7) is 2.98. The van der Waals surface area contributed by atoms with E-state index in [0.29, 0.717) is 0 Å². The quantitative estimate of drug-likeness (QED) is 0.456. The van der Waals surface area contributed by atoms with Gasteiger partial charge in [0.2, 0.25) is 0 Å². The maximum absolute atomic E-state index is 5.79. The third kappa shape index (κ3) is 2.73. The Balaban J connectivity index is 2.03. The summed E-state index contributed by atoms with van der Waals surface area (Å²) in [5.74, 6) is 3.26. The molecule has 0 unspecified atom stereocenters. The van der Waals surface area contributed by atoms with Crippen LogP contribution in [0.5, 0.6) is 0 Å². The Bertz CT molecular complexity index is 389. The summed E-state index contributed by atoms with van der Waals surface area (Å²) in [6.07, 6.45) is 3.45. The van der Waals surface area contributed by atoms with Gasteiger partial charge in [0.15, 0.2) is 0 Å². The van der Waals surface area contributed by atoms with E-state index in [1.54, 1.807) is 0 Å². The summed E-state index contributed by atoms with van der Waals surface area (Å²) in [5.41, 5.74) is 1.35. The fourth-order valence-corrected chi connectivity index (χ4v) is 4.95. The Labute approximate surface area is 99.2 Å². The van der Waals surface area contributed by atoms with Crippen molar-refractivity contribution >= 4 is 20.2 Å². The zero-order valence-electron chi connectivity index (χ0n) is 8.92. The van der Waals surface area contributed by atoms with Crippen LogP contribution in [0.2, 0.25) is 0 Å². The molecule has 0 spiro atoms. The SMILES string of the molecule is CCCCC#CI1OCc2ccccc21. The minimum atomic E-state index is -1.56. The summed E-state index contributed by atoms with van der Waals surface area (Å²) in [4.78, 5) is 0. The zero-order chi connectivity index (χ0) is 10.5. The third-order valence-corrected chi connectivity index (χ3v) is 6.18. The van der Waals surface area contributed by atoms with Crippen molar-refractivity contribution in [1.29, 1.82) is 0 Å². The summed E-state index contributed by atoms with van der Waals surface area (Å²) < 4.78 is 10.6. The van der Waals surface area contributed by atoms with Crippen molar-refractivity contribution in [2.45, 2.75) is 32.8 Å². The molecule has 0 aromatic heterocycles. The van der Waals surface area contributed by atoms with Gasteiger partial charge in [0.1, 0.15) is 0 Å². The van der Waals surface area contributed by atoms with Crippen molar-refractivity contribution in [3.05, 3.63) is 33.4 Å². The van der Waals surface area contributed by atoms with E-state index in [4.69, 9.17) is 3.07 Å². The van der Waals surface area contributed by atoms with Crippen molar-refractivity contribution in [2.75, 3.05) is 0 Å². The third-order valence-electron chi connectivity index (χ3n) is 2.27. The van der Waals surface area contributed by atoms with Crippen LogP contribution in [-0.4, -0.2) is 0 Å². The van der Waals surface area contributed by atoms with E-state index < -0.39 is 20.2 Å². The van der Waals surface area contributed by atoms with E-state index in [1.165, 1.54) is 22.0 Å². The van der Waals surface area contributed by atoms with Gasteiger partial charge in [-0.05, 0) is 0 Å². The number of fused-ring (bicyclic) bond motifs is 1. The van der Waals surface area contributed by atoms with Crippen LogP contribution in [-0.2, 0) is 9.67 Å². The van der Waals surface area contributed by atoms with E-state index in [-0.39, 0.29) is 0 Å². The molecular weight excluding hydrogens is 299 g/mol. The molecule has 0 radical (unpaired) electrons. The minimum absolute atomic E-state index is 0.781. The van der Waals surface area contributed by atoms with E-state index >= 15 is 0 Å². The molecular formula is C13H15IO. The van der Waals surface area contributed by atoms with Crippen molar-refractivity contribution in [2.24, 2.45) is 0 Å². The molecule has 0 amide bonds. The van der Waals surface area contributed by atoms with Gasteiger partial charge in [0, 0.05) is 0 Å². The number of hydrogen-bond donors (Lipinski definition) is 0. The van der Waals surface area contributed by atoms with Gasteiger partial charge < -0.3 is 0 Å². The van der Waals surface area contributed by atoms with Crippen LogP contribution in [0.15, 0.2) is 24.3 Å². The number of hydrogen-bond acceptors (Lipinski definition) is 1. The van der Waals surface area contributed by atoms with Gasteiger partial charge in [-0.15, -0.1) is 0 Å². The molecule has 1 heterocycles. The number of benzene rings is 1. The first-order chi connectivity index (χ1) is 7.42. The molecule has 1 aliphatic rings. The Morgan fingerprint density at radius 1 is 1.40 bits per heavy atom. The second-order valence-corrected chi connectivity index (χ2v) is 7.21. The second kappa shape index (κ2) is 5.53. The molecule has 0 atom stereocenters. The Hall–Kier alpha value is -0.530. The molecule has 1 aliphatic heterocycles. The van der Waals surface area contributed by atoms with Crippen LogP contribution in [0.25, 0.3) is 0 Å². The average molecular weight is 314 g/mol. The van der Waals surface area contributed by atoms with Crippen molar-refractivity contribution in [3.8, 4) is 9.85 Å². The molecule has 1 nitrogen and oxygen atoms in total. The Morgan fingerprint density at radius 3 is 3.13 bits per heavy atom. The molecule has 0 bridgehead atoms. The summed E-state index contributed by atoms with van der Waals surface area (Å²) in [7, 11) is 0. The molecule has 0 saturated heterocycles. The molecule has 1 aromatic rings. The molecule has 0 fully saturated rings. The van der Waals surface area contributed by atoms with Gasteiger partial charge in [-0.3, -0.25) is 0 Å². The molecule has 0 N–H and O–H groups in total. The molecule has 2 rings (SSSR count). The normalized spacial score (nSPS) is 15.7. The molecule has 0 aliphatic carbocycles.